The molecule has 1 aliphatic carbocycles. The number of H-pyrrole nitrogens is 1. The van der Waals surface area contributed by atoms with Gasteiger partial charge in [0.1, 0.15) is 24.5 Å². The van der Waals surface area contributed by atoms with E-state index in [0.717, 1.165) is 51.5 Å². The number of β-amino-alcohol motifs (C(OH)–C–C–N with tert-alkyl or cyclic N) is 1. The van der Waals surface area contributed by atoms with Crippen molar-refractivity contribution in [1.82, 2.24) is 60.2 Å². The fraction of sp³-hybridized carbons (Fsp3) is 0.473. The SMILES string of the molecule is Cc1ncsc1-c1ccc(CNC(=O)[C@@H]2C[C@@H](O)CN2C(=O)[C@@H](NC(=O)COCCOCCOCCNC(=O)CN2CCN(C(=O)c3ccc(Nc4nc(C5CC5)cn5c(-c6cn[nH]c6)cnc45)c(F)c3)CC2)C(C)(C)C)cc1. The number of nitrogens with one attached hydrogen (secondary N) is 5. The second kappa shape index (κ2) is 25.7. The number of ether oxygens (including phenoxy) is 3. The number of likely N-dealkylation sites (tertiary alicyclic amines) is 1. The van der Waals surface area contributed by atoms with Gasteiger partial charge in [0.25, 0.3) is 5.91 Å². The summed E-state index contributed by atoms with van der Waals surface area (Å²) in [5, 5.41) is 29.1. The van der Waals surface area contributed by atoms with Crippen molar-refractivity contribution in [2.75, 3.05) is 90.8 Å². The molecule has 2 aromatic carbocycles. The lowest BCUT2D eigenvalue weighted by molar-refractivity contribution is -0.144. The molecule has 0 unspecified atom stereocenters. The number of nitrogens with zero attached hydrogens (tertiary/aromatic N) is 8. The fourth-order valence-electron chi connectivity index (χ4n) is 9.55. The molecule has 24 heteroatoms. The van der Waals surface area contributed by atoms with Crippen LogP contribution in [0.1, 0.15) is 73.3 Å². The third-order valence-electron chi connectivity index (χ3n) is 14.1. The molecule has 6 N–H and O–H groups in total. The van der Waals surface area contributed by atoms with E-state index < -0.39 is 41.2 Å². The molecular weight excluding hydrogens is 1040 g/mol. The van der Waals surface area contributed by atoms with Crippen LogP contribution in [0.4, 0.5) is 15.9 Å². The number of aliphatic hydroxyl groups excluding tert-OH is 1. The lowest BCUT2D eigenvalue weighted by atomic mass is 9.85. The minimum absolute atomic E-state index is 0.0370. The number of hydrogen-bond donors (Lipinski definition) is 6. The van der Waals surface area contributed by atoms with E-state index in [1.54, 1.807) is 46.4 Å². The monoisotopic (exact) mass is 1110 g/mol. The van der Waals surface area contributed by atoms with Crippen LogP contribution in [0.25, 0.3) is 27.3 Å². The molecule has 9 rings (SSSR count). The molecule has 1 saturated carbocycles. The van der Waals surface area contributed by atoms with Crippen molar-refractivity contribution in [2.24, 2.45) is 5.41 Å². The Kier molecular flexibility index (Phi) is 18.4. The average molecular weight is 1110 g/mol. The zero-order valence-electron chi connectivity index (χ0n) is 44.8. The van der Waals surface area contributed by atoms with Gasteiger partial charge in [-0.3, -0.25) is 38.4 Å². The molecule has 0 radical (unpaired) electrons. The number of aromatic nitrogens is 6. The lowest BCUT2D eigenvalue weighted by Gasteiger charge is -2.35. The molecule has 3 aliphatic rings. The number of carbonyl (C=O) groups excluding carboxylic acids is 5. The largest absolute Gasteiger partial charge is 0.391 e. The van der Waals surface area contributed by atoms with Crippen LogP contribution in [0.3, 0.4) is 0 Å². The molecule has 2 saturated heterocycles. The van der Waals surface area contributed by atoms with Crippen LogP contribution in [0.2, 0.25) is 0 Å². The number of piperazine rings is 1. The first-order valence-corrected chi connectivity index (χ1v) is 27.5. The summed E-state index contributed by atoms with van der Waals surface area (Å²) >= 11 is 1.56. The normalized spacial score (nSPS) is 17.2. The van der Waals surface area contributed by atoms with E-state index in [0.29, 0.717) is 50.1 Å². The second-order valence-electron chi connectivity index (χ2n) is 21.1. The third kappa shape index (κ3) is 14.5. The topological polar surface area (TPSA) is 263 Å². The van der Waals surface area contributed by atoms with Gasteiger partial charge in [-0.2, -0.15) is 5.10 Å². The molecule has 3 atom stereocenters. The highest BCUT2D eigenvalue weighted by molar-refractivity contribution is 7.13. The maximum absolute atomic E-state index is 15.6. The Hall–Kier alpha value is -7.22. The van der Waals surface area contributed by atoms with Gasteiger partial charge in [-0.15, -0.1) is 11.3 Å². The molecular formula is C55H68FN13O9S. The summed E-state index contributed by atoms with van der Waals surface area (Å²) in [6, 6.07) is 10.3. The minimum atomic E-state index is -0.993. The summed E-state index contributed by atoms with van der Waals surface area (Å²) in [5.41, 5.74) is 7.46. The summed E-state index contributed by atoms with van der Waals surface area (Å²) < 4.78 is 34.2. The zero-order chi connectivity index (χ0) is 55.6. The van der Waals surface area contributed by atoms with E-state index in [2.05, 4.69) is 41.4 Å². The van der Waals surface area contributed by atoms with Gasteiger partial charge in [0.05, 0.1) is 91.2 Å². The van der Waals surface area contributed by atoms with Gasteiger partial charge in [-0.25, -0.2) is 19.3 Å². The molecule has 0 spiro atoms. The highest BCUT2D eigenvalue weighted by Gasteiger charge is 2.44. The molecule has 79 heavy (non-hydrogen) atoms. The number of carbonyl (C=O) groups is 5. The Labute approximate surface area is 460 Å². The molecule has 6 aromatic rings. The number of imidazole rings is 1. The molecule has 2 aliphatic heterocycles. The quantitative estimate of drug-likeness (QED) is 0.0468. The van der Waals surface area contributed by atoms with Crippen molar-refractivity contribution in [3.05, 3.63) is 101 Å². The number of anilines is 2. The predicted octanol–water partition coefficient (Wildman–Crippen LogP) is 4.04. The Morgan fingerprint density at radius 3 is 2.33 bits per heavy atom. The molecule has 420 valence electrons. The lowest BCUT2D eigenvalue weighted by Crippen LogP contribution is -2.58. The number of thiazole rings is 1. The first kappa shape index (κ1) is 56.5. The molecule has 0 bridgehead atoms. The van der Waals surface area contributed by atoms with Gasteiger partial charge in [0, 0.05) is 81.7 Å². The number of amides is 5. The fourth-order valence-corrected chi connectivity index (χ4v) is 10.4. The van der Waals surface area contributed by atoms with Gasteiger partial charge in [0.2, 0.25) is 23.6 Å². The molecule has 22 nitrogen and oxygen atoms in total. The van der Waals surface area contributed by atoms with Crippen LogP contribution in [-0.2, 0) is 39.9 Å². The average Bonchev–Trinajstić information content (AvgIpc) is 4.03. The summed E-state index contributed by atoms with van der Waals surface area (Å²) in [6.45, 7) is 10.5. The minimum Gasteiger partial charge on any atom is -0.391 e. The maximum Gasteiger partial charge on any atom is 0.254 e. The number of aryl methyl sites for hydroxylation is 1. The van der Waals surface area contributed by atoms with Crippen LogP contribution < -0.4 is 21.3 Å². The van der Waals surface area contributed by atoms with E-state index >= 15 is 4.39 Å². The smallest absolute Gasteiger partial charge is 0.254 e. The van der Waals surface area contributed by atoms with Crippen molar-refractivity contribution >= 4 is 58.0 Å². The standard InChI is InChI=1S/C55H68FN13O9S/c1-34-48(79-33-60-34)37-7-5-35(6-8-37)25-59-52(73)44-24-40(70)29-69(44)54(75)49(55(2,3)4)65-47(72)32-78-22-21-77-20-19-76-18-13-57-46(71)31-66-14-16-67(17-15-66)53(74)38-11-12-42(41(56)23-38)63-50-51-58-28-45(39-26-61-62-27-39)68(51)30-43(64-50)36-9-10-36/h5-8,11-12,23,26-28,30,33,36,40,44,49,70H,9-10,13-22,24-25,29,31-32H2,1-4H3,(H,57,71)(H,59,73)(H,61,62)(H,63,64)(H,65,72)/t40-,44+,49-/m1/s1. The molecule has 5 amide bonds. The summed E-state index contributed by atoms with van der Waals surface area (Å²) in [5.74, 6) is -1.69. The van der Waals surface area contributed by atoms with Crippen molar-refractivity contribution in [2.45, 2.75) is 77.6 Å². The summed E-state index contributed by atoms with van der Waals surface area (Å²) in [6.07, 6.45) is 8.45. The number of hydrogen-bond acceptors (Lipinski definition) is 16. The number of halogens is 1. The van der Waals surface area contributed by atoms with Crippen LogP contribution in [0.15, 0.2) is 72.8 Å². The van der Waals surface area contributed by atoms with Crippen LogP contribution >= 0.6 is 11.3 Å². The van der Waals surface area contributed by atoms with Gasteiger partial charge in [-0.1, -0.05) is 45.0 Å². The third-order valence-corrected chi connectivity index (χ3v) is 15.0. The predicted molar refractivity (Wildman–Crippen MR) is 292 cm³/mol. The van der Waals surface area contributed by atoms with E-state index in [1.807, 2.05) is 67.5 Å². The summed E-state index contributed by atoms with van der Waals surface area (Å²) in [7, 11) is 0. The molecule has 6 heterocycles. The highest BCUT2D eigenvalue weighted by atomic mass is 32.1. The van der Waals surface area contributed by atoms with Crippen LogP contribution in [-0.4, -0.2) is 183 Å². The van der Waals surface area contributed by atoms with Gasteiger partial charge in [-0.05, 0) is 54.5 Å². The van der Waals surface area contributed by atoms with E-state index in [1.165, 1.54) is 17.0 Å². The van der Waals surface area contributed by atoms with Crippen molar-refractivity contribution in [3.8, 4) is 21.7 Å². The van der Waals surface area contributed by atoms with Gasteiger partial charge in [0.15, 0.2) is 11.5 Å². The number of rotatable bonds is 24. The van der Waals surface area contributed by atoms with Gasteiger partial charge < -0.3 is 50.4 Å². The van der Waals surface area contributed by atoms with Crippen molar-refractivity contribution in [3.63, 3.8) is 0 Å². The first-order chi connectivity index (χ1) is 38.1. The number of benzene rings is 2. The Bertz CT molecular complexity index is 3080. The number of fused-ring (bicyclic) bond motifs is 1. The number of aliphatic hydroxyl groups is 1. The van der Waals surface area contributed by atoms with Crippen molar-refractivity contribution in [1.29, 1.82) is 0 Å². The van der Waals surface area contributed by atoms with Crippen LogP contribution in [0.5, 0.6) is 0 Å². The second-order valence-corrected chi connectivity index (χ2v) is 21.9. The summed E-state index contributed by atoms with van der Waals surface area (Å²) in [4.78, 5) is 86.3. The molecule has 3 fully saturated rings. The van der Waals surface area contributed by atoms with E-state index in [-0.39, 0.29) is 94.7 Å². The Morgan fingerprint density at radius 2 is 1.65 bits per heavy atom. The van der Waals surface area contributed by atoms with Gasteiger partial charge >= 0.3 is 0 Å². The number of aromatic amines is 1. The first-order valence-electron chi connectivity index (χ1n) is 26.6. The van der Waals surface area contributed by atoms with Crippen LogP contribution in [0, 0.1) is 18.2 Å². The van der Waals surface area contributed by atoms with E-state index in [4.69, 9.17) is 19.2 Å². The molecule has 4 aromatic heterocycles. The van der Waals surface area contributed by atoms with Crippen molar-refractivity contribution < 1.29 is 47.7 Å². The maximum atomic E-state index is 15.6. The Balaban J connectivity index is 0.616. The highest BCUT2D eigenvalue weighted by Crippen LogP contribution is 2.41. The Morgan fingerprint density at radius 1 is 0.899 bits per heavy atom. The van der Waals surface area contributed by atoms with E-state index in [9.17, 15) is 29.1 Å². The zero-order valence-corrected chi connectivity index (χ0v) is 45.7.